The van der Waals surface area contributed by atoms with Gasteiger partial charge in [0.05, 0.1) is 17.6 Å². The third-order valence-corrected chi connectivity index (χ3v) is 2.48. The number of ether oxygens (including phenoxy) is 1. The van der Waals surface area contributed by atoms with Gasteiger partial charge in [-0.3, -0.25) is 10.1 Å². The Balaban J connectivity index is 2.95. The number of anilines is 1. The minimum atomic E-state index is -0.527. The minimum Gasteiger partial charge on any atom is -0.487 e. The number of benzene rings is 1. The molecule has 0 radical (unpaired) electrons. The first kappa shape index (κ1) is 14.2. The quantitative estimate of drug-likeness (QED) is 0.575. The first-order valence-corrected chi connectivity index (χ1v) is 5.92. The Bertz CT molecular complexity index is 409. The second-order valence-corrected chi connectivity index (χ2v) is 3.79. The number of nitrogens with one attached hydrogen (secondary N) is 1. The van der Waals surface area contributed by atoms with Gasteiger partial charge in [0.15, 0.2) is 5.75 Å². The highest BCUT2D eigenvalue weighted by atomic mass is 16.6. The largest absolute Gasteiger partial charge is 0.487 e. The highest BCUT2D eigenvalue weighted by Gasteiger charge is 2.20. The van der Waals surface area contributed by atoms with Crippen molar-refractivity contribution in [2.45, 2.75) is 26.4 Å². The van der Waals surface area contributed by atoms with Gasteiger partial charge in [0.2, 0.25) is 0 Å². The molecule has 1 aromatic rings. The van der Waals surface area contributed by atoms with E-state index in [9.17, 15) is 15.2 Å². The monoisotopic (exact) mass is 254 g/mol. The molecule has 0 aromatic heterocycles. The predicted molar refractivity (Wildman–Crippen MR) is 69.1 cm³/mol. The fraction of sp³-hybridized carbons (Fsp3) is 0.500. The molecule has 100 valence electrons. The van der Waals surface area contributed by atoms with E-state index in [0.29, 0.717) is 18.7 Å². The van der Waals surface area contributed by atoms with Crippen LogP contribution in [-0.4, -0.2) is 29.3 Å². The molecule has 1 unspecified atom stereocenters. The molecule has 0 aliphatic carbocycles. The first-order chi connectivity index (χ1) is 8.60. The van der Waals surface area contributed by atoms with Crippen molar-refractivity contribution >= 4 is 11.4 Å². The van der Waals surface area contributed by atoms with Crippen LogP contribution in [0.4, 0.5) is 11.4 Å². The van der Waals surface area contributed by atoms with Crippen molar-refractivity contribution in [3.8, 4) is 5.75 Å². The SMILES string of the molecule is CCOc1cccc(NCC(O)CC)c1[N+](=O)[O-]. The van der Waals surface area contributed by atoms with E-state index in [4.69, 9.17) is 4.74 Å². The molecule has 18 heavy (non-hydrogen) atoms. The van der Waals surface area contributed by atoms with Crippen LogP contribution in [0.15, 0.2) is 18.2 Å². The molecule has 1 aromatic carbocycles. The van der Waals surface area contributed by atoms with Crippen LogP contribution in [0.1, 0.15) is 20.3 Å². The zero-order valence-corrected chi connectivity index (χ0v) is 10.5. The number of hydrogen-bond acceptors (Lipinski definition) is 5. The molecule has 0 heterocycles. The van der Waals surface area contributed by atoms with Gasteiger partial charge in [0.1, 0.15) is 5.69 Å². The molecule has 0 spiro atoms. The summed E-state index contributed by atoms with van der Waals surface area (Å²) >= 11 is 0. The highest BCUT2D eigenvalue weighted by Crippen LogP contribution is 2.34. The Morgan fingerprint density at radius 2 is 2.22 bits per heavy atom. The maximum atomic E-state index is 11.1. The van der Waals surface area contributed by atoms with E-state index in [1.165, 1.54) is 0 Å². The minimum absolute atomic E-state index is 0.0948. The maximum absolute atomic E-state index is 11.1. The summed E-state index contributed by atoms with van der Waals surface area (Å²) in [5.41, 5.74) is 0.265. The average molecular weight is 254 g/mol. The van der Waals surface area contributed by atoms with Crippen LogP contribution in [0.5, 0.6) is 5.75 Å². The molecular formula is C12H18N2O4. The molecule has 0 saturated carbocycles. The van der Waals surface area contributed by atoms with Gasteiger partial charge in [0, 0.05) is 6.54 Å². The number of hydrogen-bond donors (Lipinski definition) is 2. The smallest absolute Gasteiger partial charge is 0.333 e. The molecular weight excluding hydrogens is 236 g/mol. The molecule has 0 bridgehead atoms. The van der Waals surface area contributed by atoms with Gasteiger partial charge in [-0.2, -0.15) is 0 Å². The molecule has 6 heteroatoms. The first-order valence-electron chi connectivity index (χ1n) is 5.92. The second kappa shape index (κ2) is 6.80. The van der Waals surface area contributed by atoms with Gasteiger partial charge < -0.3 is 15.2 Å². The van der Waals surface area contributed by atoms with Crippen LogP contribution in [0.2, 0.25) is 0 Å². The Labute approximate surface area is 106 Å². The Kier molecular flexibility index (Phi) is 5.38. The predicted octanol–water partition coefficient (Wildman–Crippen LogP) is 2.18. The van der Waals surface area contributed by atoms with Crippen molar-refractivity contribution in [3.63, 3.8) is 0 Å². The number of nitrogens with zero attached hydrogens (tertiary/aromatic N) is 1. The van der Waals surface area contributed by atoms with Gasteiger partial charge in [0.25, 0.3) is 0 Å². The van der Waals surface area contributed by atoms with E-state index in [0.717, 1.165) is 0 Å². The number of rotatable bonds is 7. The average Bonchev–Trinajstić information content (AvgIpc) is 2.36. The van der Waals surface area contributed by atoms with Crippen LogP contribution in [0, 0.1) is 10.1 Å². The molecule has 1 atom stereocenters. The Hall–Kier alpha value is -1.82. The highest BCUT2D eigenvalue weighted by molar-refractivity contribution is 5.68. The summed E-state index contributed by atoms with van der Waals surface area (Å²) in [7, 11) is 0. The van der Waals surface area contributed by atoms with Crippen molar-refractivity contribution in [1.82, 2.24) is 0 Å². The normalized spacial score (nSPS) is 11.9. The van der Waals surface area contributed by atoms with E-state index < -0.39 is 11.0 Å². The maximum Gasteiger partial charge on any atom is 0.333 e. The van der Waals surface area contributed by atoms with E-state index in [1.807, 2.05) is 6.92 Å². The van der Waals surface area contributed by atoms with Gasteiger partial charge in [-0.15, -0.1) is 0 Å². The number of aliphatic hydroxyl groups is 1. The van der Waals surface area contributed by atoms with Crippen LogP contribution in [0.25, 0.3) is 0 Å². The molecule has 0 fully saturated rings. The lowest BCUT2D eigenvalue weighted by Gasteiger charge is -2.12. The number of nitro benzene ring substituents is 1. The lowest BCUT2D eigenvalue weighted by atomic mass is 10.2. The number of nitro groups is 1. The van der Waals surface area contributed by atoms with Crippen molar-refractivity contribution < 1.29 is 14.8 Å². The summed E-state index contributed by atoms with van der Waals surface area (Å²) in [4.78, 5) is 10.6. The molecule has 1 rings (SSSR count). The number of para-hydroxylation sites is 1. The standard InChI is InChI=1S/C12H18N2O4/c1-3-9(15)8-13-10-6-5-7-11(18-4-2)12(10)14(16)17/h5-7,9,13,15H,3-4,8H2,1-2H3. The van der Waals surface area contributed by atoms with Gasteiger partial charge in [-0.25, -0.2) is 0 Å². The Morgan fingerprint density at radius 1 is 1.50 bits per heavy atom. The summed E-state index contributed by atoms with van der Waals surface area (Å²) in [6, 6.07) is 4.84. The zero-order valence-electron chi connectivity index (χ0n) is 10.5. The summed E-state index contributed by atoms with van der Waals surface area (Å²) in [6.45, 7) is 4.25. The molecule has 0 saturated heterocycles. The lowest BCUT2D eigenvalue weighted by molar-refractivity contribution is -0.384. The zero-order chi connectivity index (χ0) is 13.5. The van der Waals surface area contributed by atoms with Crippen LogP contribution < -0.4 is 10.1 Å². The third-order valence-electron chi connectivity index (χ3n) is 2.48. The summed E-state index contributed by atoms with van der Waals surface area (Å²) < 4.78 is 5.23. The third kappa shape index (κ3) is 3.59. The molecule has 6 nitrogen and oxygen atoms in total. The van der Waals surface area contributed by atoms with Crippen molar-refractivity contribution in [2.75, 3.05) is 18.5 Å². The van der Waals surface area contributed by atoms with Crippen LogP contribution >= 0.6 is 0 Å². The van der Waals surface area contributed by atoms with Crippen LogP contribution in [0.3, 0.4) is 0 Å². The van der Waals surface area contributed by atoms with E-state index in [1.54, 1.807) is 25.1 Å². The summed E-state index contributed by atoms with van der Waals surface area (Å²) in [6.07, 6.45) is 0.0618. The molecule has 0 aliphatic heterocycles. The molecule has 0 aliphatic rings. The van der Waals surface area contributed by atoms with Gasteiger partial charge in [-0.1, -0.05) is 13.0 Å². The van der Waals surface area contributed by atoms with E-state index in [2.05, 4.69) is 5.32 Å². The van der Waals surface area contributed by atoms with Crippen molar-refractivity contribution in [3.05, 3.63) is 28.3 Å². The lowest BCUT2D eigenvalue weighted by Crippen LogP contribution is -2.18. The van der Waals surface area contributed by atoms with Gasteiger partial charge in [-0.05, 0) is 25.5 Å². The van der Waals surface area contributed by atoms with Crippen molar-refractivity contribution in [2.24, 2.45) is 0 Å². The van der Waals surface area contributed by atoms with E-state index in [-0.39, 0.29) is 18.0 Å². The fourth-order valence-corrected chi connectivity index (χ4v) is 1.50. The summed E-state index contributed by atoms with van der Waals surface area (Å²) in [5.74, 6) is 0.235. The fourth-order valence-electron chi connectivity index (χ4n) is 1.50. The van der Waals surface area contributed by atoms with Gasteiger partial charge >= 0.3 is 5.69 Å². The Morgan fingerprint density at radius 3 is 2.78 bits per heavy atom. The number of aliphatic hydroxyl groups excluding tert-OH is 1. The van der Waals surface area contributed by atoms with E-state index >= 15 is 0 Å². The second-order valence-electron chi connectivity index (χ2n) is 3.79. The molecule has 0 amide bonds. The van der Waals surface area contributed by atoms with Crippen LogP contribution in [-0.2, 0) is 0 Å². The topological polar surface area (TPSA) is 84.6 Å². The van der Waals surface area contributed by atoms with Crippen molar-refractivity contribution in [1.29, 1.82) is 0 Å². The summed E-state index contributed by atoms with van der Waals surface area (Å²) in [5, 5.41) is 23.4. The molecule has 2 N–H and O–H groups in total.